The van der Waals surface area contributed by atoms with Gasteiger partial charge in [0.05, 0.1) is 0 Å². The lowest BCUT2D eigenvalue weighted by atomic mass is 9.43. The smallest absolute Gasteiger partial charge is 0.269 e. The second kappa shape index (κ2) is 8.93. The van der Waals surface area contributed by atoms with Gasteiger partial charge in [-0.15, -0.1) is 6.58 Å². The quantitative estimate of drug-likeness (QED) is 0.270. The van der Waals surface area contributed by atoms with Crippen LogP contribution in [0.15, 0.2) is 67.3 Å². The first kappa shape index (κ1) is 20.0. The van der Waals surface area contributed by atoms with Crippen LogP contribution in [-0.2, 0) is 0 Å². The highest BCUT2D eigenvalue weighted by molar-refractivity contribution is 6.79. The van der Waals surface area contributed by atoms with Gasteiger partial charge >= 0.3 is 0 Å². The van der Waals surface area contributed by atoms with E-state index >= 15 is 0 Å². The number of hydrogen-bond donors (Lipinski definition) is 0. The minimum Gasteiger partial charge on any atom is -0.333 e. The van der Waals surface area contributed by atoms with Crippen LogP contribution < -0.4 is 0 Å². The maximum absolute atomic E-state index is 3.89. The summed E-state index contributed by atoms with van der Waals surface area (Å²) in [6, 6.07) is 10.1. The summed E-state index contributed by atoms with van der Waals surface area (Å²) in [6.07, 6.45) is 17.3. The van der Waals surface area contributed by atoms with Crippen molar-refractivity contribution >= 4 is 12.3 Å². The van der Waals surface area contributed by atoms with Gasteiger partial charge in [0, 0.05) is 5.92 Å². The van der Waals surface area contributed by atoms with Gasteiger partial charge in [-0.05, 0) is 48.3 Å². The van der Waals surface area contributed by atoms with E-state index in [1.807, 2.05) is 6.08 Å². The van der Waals surface area contributed by atoms with Crippen molar-refractivity contribution in [1.82, 2.24) is 4.81 Å². The molecule has 3 rings (SSSR count). The van der Waals surface area contributed by atoms with Crippen LogP contribution >= 0.6 is 0 Å². The van der Waals surface area contributed by atoms with Gasteiger partial charge in [0.25, 0.3) is 6.85 Å². The van der Waals surface area contributed by atoms with Crippen molar-refractivity contribution in [2.75, 3.05) is 0 Å². The van der Waals surface area contributed by atoms with Gasteiger partial charge in [-0.3, -0.25) is 0 Å². The molecule has 0 spiro atoms. The Kier molecular flexibility index (Phi) is 6.60. The molecule has 0 aliphatic heterocycles. The molecule has 0 radical (unpaired) electrons. The lowest BCUT2D eigenvalue weighted by Gasteiger charge is -2.39. The van der Waals surface area contributed by atoms with E-state index < -0.39 is 0 Å². The molecule has 0 heterocycles. The largest absolute Gasteiger partial charge is 0.333 e. The van der Waals surface area contributed by atoms with E-state index in [0.29, 0.717) is 30.7 Å². The molecular formula is C25H34BN. The number of nitrogens with zero attached hydrogens (tertiary/aromatic N) is 1. The molecule has 0 fully saturated rings. The zero-order valence-electron chi connectivity index (χ0n) is 17.4. The van der Waals surface area contributed by atoms with Crippen molar-refractivity contribution in [2.45, 2.75) is 70.8 Å². The van der Waals surface area contributed by atoms with Crippen molar-refractivity contribution in [3.63, 3.8) is 0 Å². The van der Waals surface area contributed by atoms with Crippen molar-refractivity contribution in [3.05, 3.63) is 78.4 Å². The van der Waals surface area contributed by atoms with Gasteiger partial charge in [-0.2, -0.15) is 0 Å². The summed E-state index contributed by atoms with van der Waals surface area (Å²) in [4.78, 5) is 2.69. The van der Waals surface area contributed by atoms with Gasteiger partial charge < -0.3 is 4.81 Å². The fraction of sp³-hybridized carbons (Fsp3) is 0.440. The molecule has 1 atom stereocenters. The maximum Gasteiger partial charge on any atom is 0.269 e. The Bertz CT molecular complexity index is 720. The van der Waals surface area contributed by atoms with E-state index in [2.05, 4.69) is 93.7 Å². The van der Waals surface area contributed by atoms with Crippen LogP contribution in [0.3, 0.4) is 0 Å². The summed E-state index contributed by atoms with van der Waals surface area (Å²) in [5.74, 6) is 0.982. The molecule has 0 amide bonds. The van der Waals surface area contributed by atoms with Crippen LogP contribution in [0.4, 0.5) is 0 Å². The Hall–Kier alpha value is -1.80. The Morgan fingerprint density at radius 1 is 1.07 bits per heavy atom. The summed E-state index contributed by atoms with van der Waals surface area (Å²) in [7, 11) is 0. The molecule has 0 saturated heterocycles. The molecule has 2 heteroatoms. The van der Waals surface area contributed by atoms with E-state index in [9.17, 15) is 0 Å². The second-order valence-electron chi connectivity index (χ2n) is 8.46. The zero-order chi connectivity index (χ0) is 19.4. The van der Waals surface area contributed by atoms with Crippen LogP contribution in [-0.4, -0.2) is 23.7 Å². The Morgan fingerprint density at radius 2 is 1.74 bits per heavy atom. The molecule has 1 aromatic rings. The molecule has 1 nitrogen and oxygen atoms in total. The normalized spacial score (nSPS) is 18.6. The van der Waals surface area contributed by atoms with Gasteiger partial charge in [-0.1, -0.05) is 93.9 Å². The van der Waals surface area contributed by atoms with Crippen LogP contribution in [0, 0.1) is 0 Å². The average molecular weight is 359 g/mol. The first-order chi connectivity index (χ1) is 13.0. The highest BCUT2D eigenvalue weighted by Crippen LogP contribution is 2.44. The zero-order valence-corrected chi connectivity index (χ0v) is 17.4. The van der Waals surface area contributed by atoms with Crippen molar-refractivity contribution in [2.24, 2.45) is 0 Å². The Morgan fingerprint density at radius 3 is 2.37 bits per heavy atom. The number of benzene rings is 1. The van der Waals surface area contributed by atoms with Gasteiger partial charge in [0.2, 0.25) is 0 Å². The second-order valence-corrected chi connectivity index (χ2v) is 8.46. The van der Waals surface area contributed by atoms with E-state index in [1.165, 1.54) is 29.4 Å². The summed E-state index contributed by atoms with van der Waals surface area (Å²) >= 11 is 0. The molecule has 0 saturated carbocycles. The highest BCUT2D eigenvalue weighted by Gasteiger charge is 2.40. The molecular weight excluding hydrogens is 325 g/mol. The molecule has 0 bridgehead atoms. The minimum absolute atomic E-state index is 0.394. The number of unbranched alkanes of at least 4 members (excludes halogenated alkanes) is 1. The monoisotopic (exact) mass is 359 g/mol. The molecule has 2 aliphatic rings. The third-order valence-electron chi connectivity index (χ3n) is 5.95. The predicted octanol–water partition coefficient (Wildman–Crippen LogP) is 6.67. The van der Waals surface area contributed by atoms with E-state index in [-0.39, 0.29) is 0 Å². The Balaban J connectivity index is 2.02. The molecule has 0 N–H and O–H groups in total. The summed E-state index contributed by atoms with van der Waals surface area (Å²) in [5.41, 5.74) is 4.50. The predicted molar refractivity (Wildman–Crippen MR) is 121 cm³/mol. The average Bonchev–Trinajstić information content (AvgIpc) is 3.28. The molecule has 0 aromatic heterocycles. The van der Waals surface area contributed by atoms with Gasteiger partial charge in [0.15, 0.2) is 0 Å². The van der Waals surface area contributed by atoms with E-state index in [0.717, 1.165) is 6.42 Å². The number of fused-ring (bicyclic) bond motifs is 1. The number of rotatable bonds is 9. The third-order valence-corrected chi connectivity index (χ3v) is 5.95. The van der Waals surface area contributed by atoms with Gasteiger partial charge in [0.1, 0.15) is 0 Å². The highest BCUT2D eigenvalue weighted by atomic mass is 15.1. The molecule has 142 valence electrons. The first-order valence-corrected chi connectivity index (χ1v) is 10.6. The lowest BCUT2D eigenvalue weighted by Crippen LogP contribution is -2.50. The van der Waals surface area contributed by atoms with Crippen LogP contribution in [0.5, 0.6) is 0 Å². The molecule has 27 heavy (non-hydrogen) atoms. The maximum atomic E-state index is 3.89. The van der Waals surface area contributed by atoms with E-state index in [1.54, 1.807) is 0 Å². The summed E-state index contributed by atoms with van der Waals surface area (Å²) < 4.78 is 0. The molecule has 1 aromatic carbocycles. The number of allylic oxidation sites excluding steroid dienone is 6. The first-order valence-electron chi connectivity index (χ1n) is 10.6. The summed E-state index contributed by atoms with van der Waals surface area (Å²) in [5, 5.41) is 0. The van der Waals surface area contributed by atoms with Crippen molar-refractivity contribution < 1.29 is 0 Å². The van der Waals surface area contributed by atoms with Crippen LogP contribution in [0.2, 0.25) is 5.82 Å². The minimum atomic E-state index is 0.394. The SMILES string of the molecule is C=CCCCC1C=C(B(C2C=CC=C2)N(C(C)C)C(C)C)c2ccccc21. The van der Waals surface area contributed by atoms with Crippen molar-refractivity contribution in [1.29, 1.82) is 0 Å². The summed E-state index contributed by atoms with van der Waals surface area (Å²) in [6.45, 7) is 13.6. The Labute approximate surface area is 166 Å². The molecule has 2 aliphatic carbocycles. The van der Waals surface area contributed by atoms with E-state index in [4.69, 9.17) is 0 Å². The van der Waals surface area contributed by atoms with Crippen molar-refractivity contribution in [3.8, 4) is 0 Å². The molecule has 1 unspecified atom stereocenters. The topological polar surface area (TPSA) is 3.24 Å². The number of hydrogen-bond acceptors (Lipinski definition) is 1. The van der Waals surface area contributed by atoms with Crippen LogP contribution in [0.25, 0.3) is 5.47 Å². The standard InChI is InChI=1S/C25H34BN/c1-6-7-8-13-21-18-25(24-17-12-11-16-23(21)24)26(22-14-9-10-15-22)27(19(2)3)20(4)5/h6,9-12,14-22H,1,7-8,13H2,2-5H3. The fourth-order valence-electron chi connectivity index (χ4n) is 4.92. The fourth-order valence-corrected chi connectivity index (χ4v) is 4.92. The van der Waals surface area contributed by atoms with Gasteiger partial charge in [-0.25, -0.2) is 0 Å². The third kappa shape index (κ3) is 4.22. The lowest BCUT2D eigenvalue weighted by molar-refractivity contribution is 0.305. The van der Waals surface area contributed by atoms with Crippen LogP contribution in [0.1, 0.15) is 64.0 Å².